The van der Waals surface area contributed by atoms with Gasteiger partial charge >= 0.3 is 0 Å². The maximum Gasteiger partial charge on any atom is 0.180 e. The third kappa shape index (κ3) is 3.80. The quantitative estimate of drug-likeness (QED) is 0.812. The van der Waals surface area contributed by atoms with Gasteiger partial charge in [0.25, 0.3) is 0 Å². The van der Waals surface area contributed by atoms with Gasteiger partial charge in [0.05, 0.1) is 16.2 Å². The smallest absolute Gasteiger partial charge is 0.180 e. The van der Waals surface area contributed by atoms with Crippen LogP contribution in [-0.2, 0) is 16.3 Å². The lowest BCUT2D eigenvalue weighted by atomic mass is 10.1. The van der Waals surface area contributed by atoms with Gasteiger partial charge in [-0.1, -0.05) is 12.1 Å². The molecule has 1 atom stereocenters. The molecule has 1 unspecified atom stereocenters. The molecule has 0 saturated carbocycles. The summed E-state index contributed by atoms with van der Waals surface area (Å²) in [5.74, 6) is 0. The first-order chi connectivity index (χ1) is 8.37. The summed E-state index contributed by atoms with van der Waals surface area (Å²) in [4.78, 5) is 0.345. The summed E-state index contributed by atoms with van der Waals surface area (Å²) < 4.78 is 24.0. The molecule has 0 fully saturated rings. The zero-order valence-electron chi connectivity index (χ0n) is 10.8. The highest BCUT2D eigenvalue weighted by molar-refractivity contribution is 7.92. The molecule has 0 amide bonds. The second-order valence-electron chi connectivity index (χ2n) is 4.67. The summed E-state index contributed by atoms with van der Waals surface area (Å²) in [5.41, 5.74) is 6.24. The van der Waals surface area contributed by atoms with E-state index >= 15 is 0 Å². The number of benzene rings is 1. The van der Waals surface area contributed by atoms with Gasteiger partial charge in [-0.15, -0.1) is 0 Å². The van der Waals surface area contributed by atoms with E-state index in [0.717, 1.165) is 5.56 Å². The molecular weight excluding hydrogens is 250 g/mol. The maximum atomic E-state index is 12.0. The SMILES string of the molecule is CC(C)S(=O)(=O)c1cccc(CCC(O)CN)c1. The van der Waals surface area contributed by atoms with Crippen molar-refractivity contribution < 1.29 is 13.5 Å². The Bertz CT molecular complexity index is 483. The van der Waals surface area contributed by atoms with Gasteiger partial charge in [-0.2, -0.15) is 0 Å². The fourth-order valence-electron chi connectivity index (χ4n) is 1.60. The summed E-state index contributed by atoms with van der Waals surface area (Å²) in [5, 5.41) is 8.97. The second-order valence-corrected chi connectivity index (χ2v) is 7.17. The molecule has 3 N–H and O–H groups in total. The Hall–Kier alpha value is -0.910. The standard InChI is InChI=1S/C13H21NO3S/c1-10(2)18(16,17)13-5-3-4-11(8-13)6-7-12(15)9-14/h3-5,8,10,12,15H,6-7,9,14H2,1-2H3. The molecule has 0 saturated heterocycles. The number of aliphatic hydroxyl groups is 1. The molecule has 1 rings (SSSR count). The maximum absolute atomic E-state index is 12.0. The Morgan fingerprint density at radius 2 is 2.00 bits per heavy atom. The van der Waals surface area contributed by atoms with Crippen LogP contribution in [0.2, 0.25) is 0 Å². The highest BCUT2D eigenvalue weighted by Gasteiger charge is 2.19. The van der Waals surface area contributed by atoms with E-state index in [4.69, 9.17) is 5.73 Å². The fraction of sp³-hybridized carbons (Fsp3) is 0.538. The molecule has 1 aromatic rings. The first-order valence-corrected chi connectivity index (χ1v) is 7.63. The van der Waals surface area contributed by atoms with Crippen LogP contribution in [0, 0.1) is 0 Å². The van der Waals surface area contributed by atoms with Crippen LogP contribution in [0.5, 0.6) is 0 Å². The fourth-order valence-corrected chi connectivity index (χ4v) is 2.73. The Labute approximate surface area is 109 Å². The second kappa shape index (κ2) is 6.31. The van der Waals surface area contributed by atoms with Crippen LogP contribution in [0.25, 0.3) is 0 Å². The van der Waals surface area contributed by atoms with Gasteiger partial charge in [0, 0.05) is 6.54 Å². The van der Waals surface area contributed by atoms with E-state index < -0.39 is 21.2 Å². The van der Waals surface area contributed by atoms with E-state index in [1.807, 2.05) is 6.07 Å². The Balaban J connectivity index is 2.87. The van der Waals surface area contributed by atoms with Gasteiger partial charge in [0.1, 0.15) is 0 Å². The van der Waals surface area contributed by atoms with Crippen LogP contribution >= 0.6 is 0 Å². The Morgan fingerprint density at radius 1 is 1.33 bits per heavy atom. The molecule has 0 spiro atoms. The monoisotopic (exact) mass is 271 g/mol. The molecule has 0 aliphatic carbocycles. The molecular formula is C13H21NO3S. The minimum atomic E-state index is -3.23. The third-order valence-corrected chi connectivity index (χ3v) is 5.04. The van der Waals surface area contributed by atoms with Gasteiger partial charge in [0.15, 0.2) is 9.84 Å². The first kappa shape index (κ1) is 15.1. The molecule has 0 heterocycles. The van der Waals surface area contributed by atoms with Crippen molar-refractivity contribution in [2.75, 3.05) is 6.54 Å². The minimum Gasteiger partial charge on any atom is -0.392 e. The lowest BCUT2D eigenvalue weighted by Gasteiger charge is -2.10. The summed E-state index contributed by atoms with van der Waals surface area (Å²) in [6.07, 6.45) is 0.636. The van der Waals surface area contributed by atoms with Crippen LogP contribution in [0.1, 0.15) is 25.8 Å². The largest absolute Gasteiger partial charge is 0.392 e. The predicted molar refractivity (Wildman–Crippen MR) is 72.1 cm³/mol. The van der Waals surface area contributed by atoms with E-state index in [1.165, 1.54) is 0 Å². The minimum absolute atomic E-state index is 0.226. The zero-order valence-corrected chi connectivity index (χ0v) is 11.7. The Kier molecular flexibility index (Phi) is 5.31. The van der Waals surface area contributed by atoms with Crippen molar-refractivity contribution in [3.8, 4) is 0 Å². The summed E-state index contributed by atoms with van der Waals surface area (Å²) in [6.45, 7) is 3.56. The molecule has 102 valence electrons. The van der Waals surface area contributed by atoms with Crippen molar-refractivity contribution >= 4 is 9.84 Å². The van der Waals surface area contributed by atoms with E-state index in [0.29, 0.717) is 17.7 Å². The van der Waals surface area contributed by atoms with Gasteiger partial charge < -0.3 is 10.8 Å². The zero-order chi connectivity index (χ0) is 13.8. The van der Waals surface area contributed by atoms with Crippen LogP contribution in [0.15, 0.2) is 29.2 Å². The van der Waals surface area contributed by atoms with Crippen LogP contribution < -0.4 is 5.73 Å². The molecule has 4 nitrogen and oxygen atoms in total. The molecule has 0 aromatic heterocycles. The van der Waals surface area contributed by atoms with Crippen LogP contribution in [-0.4, -0.2) is 31.4 Å². The molecule has 0 radical (unpaired) electrons. The lowest BCUT2D eigenvalue weighted by Crippen LogP contribution is -2.20. The van der Waals surface area contributed by atoms with Crippen molar-refractivity contribution in [1.29, 1.82) is 0 Å². The van der Waals surface area contributed by atoms with Crippen molar-refractivity contribution in [1.82, 2.24) is 0 Å². The number of rotatable bonds is 6. The van der Waals surface area contributed by atoms with Crippen molar-refractivity contribution in [2.24, 2.45) is 5.73 Å². The molecule has 5 heteroatoms. The average molecular weight is 271 g/mol. The van der Waals surface area contributed by atoms with E-state index in [2.05, 4.69) is 0 Å². The number of nitrogens with two attached hydrogens (primary N) is 1. The van der Waals surface area contributed by atoms with E-state index in [9.17, 15) is 13.5 Å². The van der Waals surface area contributed by atoms with Gasteiger partial charge in [-0.3, -0.25) is 0 Å². The third-order valence-electron chi connectivity index (χ3n) is 2.89. The number of aryl methyl sites for hydroxylation is 1. The molecule has 18 heavy (non-hydrogen) atoms. The highest BCUT2D eigenvalue weighted by Crippen LogP contribution is 2.18. The van der Waals surface area contributed by atoms with Crippen molar-refractivity contribution in [2.45, 2.75) is 42.9 Å². The van der Waals surface area contributed by atoms with E-state index in [-0.39, 0.29) is 6.54 Å². The van der Waals surface area contributed by atoms with Gasteiger partial charge in [-0.05, 0) is 44.4 Å². The molecule has 0 bridgehead atoms. The number of hydrogen-bond donors (Lipinski definition) is 2. The van der Waals surface area contributed by atoms with Gasteiger partial charge in [0.2, 0.25) is 0 Å². The number of aliphatic hydroxyl groups excluding tert-OH is 1. The van der Waals surface area contributed by atoms with Crippen LogP contribution in [0.4, 0.5) is 0 Å². The topological polar surface area (TPSA) is 80.4 Å². The lowest BCUT2D eigenvalue weighted by molar-refractivity contribution is 0.173. The summed E-state index contributed by atoms with van der Waals surface area (Å²) >= 11 is 0. The first-order valence-electron chi connectivity index (χ1n) is 6.09. The van der Waals surface area contributed by atoms with Crippen molar-refractivity contribution in [3.05, 3.63) is 29.8 Å². The van der Waals surface area contributed by atoms with Crippen LogP contribution in [0.3, 0.4) is 0 Å². The molecule has 0 aliphatic rings. The Morgan fingerprint density at radius 3 is 2.56 bits per heavy atom. The summed E-state index contributed by atoms with van der Waals surface area (Å²) in [6, 6.07) is 6.89. The number of sulfone groups is 1. The summed E-state index contributed by atoms with van der Waals surface area (Å²) in [7, 11) is -3.23. The number of hydrogen-bond acceptors (Lipinski definition) is 4. The van der Waals surface area contributed by atoms with E-state index in [1.54, 1.807) is 32.0 Å². The molecule has 1 aromatic carbocycles. The average Bonchev–Trinajstić information content (AvgIpc) is 2.36. The molecule has 0 aliphatic heterocycles. The van der Waals surface area contributed by atoms with Gasteiger partial charge in [-0.25, -0.2) is 8.42 Å². The van der Waals surface area contributed by atoms with Crippen molar-refractivity contribution in [3.63, 3.8) is 0 Å². The normalized spacial score (nSPS) is 13.8. The predicted octanol–water partition coefficient (Wildman–Crippen LogP) is 1.12. The highest BCUT2D eigenvalue weighted by atomic mass is 32.2.